The van der Waals surface area contributed by atoms with Gasteiger partial charge in [0.15, 0.2) is 5.96 Å². The van der Waals surface area contributed by atoms with Crippen LogP contribution in [0.2, 0.25) is 0 Å². The largest absolute Gasteiger partial charge is 0.370 e. The van der Waals surface area contributed by atoms with Crippen LogP contribution in [0.15, 0.2) is 4.99 Å². The van der Waals surface area contributed by atoms with Crippen molar-refractivity contribution in [1.29, 1.82) is 0 Å². The molecule has 1 saturated carbocycles. The fraction of sp³-hybridized carbons (Fsp3) is 0.909. The molecule has 0 aromatic rings. The molecule has 1 aliphatic carbocycles. The van der Waals surface area contributed by atoms with Crippen molar-refractivity contribution in [3.05, 3.63) is 0 Å². The first kappa shape index (κ1) is 12.7. The molecule has 1 aliphatic heterocycles. The van der Waals surface area contributed by atoms with Crippen molar-refractivity contribution in [2.24, 2.45) is 10.7 Å². The van der Waals surface area contributed by atoms with Crippen molar-refractivity contribution in [2.75, 3.05) is 11.5 Å². The van der Waals surface area contributed by atoms with Gasteiger partial charge in [0.25, 0.3) is 0 Å². The molecule has 5 nitrogen and oxygen atoms in total. The van der Waals surface area contributed by atoms with E-state index in [-0.39, 0.29) is 17.5 Å². The van der Waals surface area contributed by atoms with Gasteiger partial charge in [0.2, 0.25) is 0 Å². The first-order valence-corrected chi connectivity index (χ1v) is 8.17. The van der Waals surface area contributed by atoms with Crippen LogP contribution < -0.4 is 11.1 Å². The van der Waals surface area contributed by atoms with Crippen molar-refractivity contribution in [1.82, 2.24) is 5.32 Å². The minimum absolute atomic E-state index is 0.0763. The van der Waals surface area contributed by atoms with E-state index in [0.29, 0.717) is 24.8 Å². The Balaban J connectivity index is 1.82. The van der Waals surface area contributed by atoms with Crippen molar-refractivity contribution < 1.29 is 8.42 Å². The maximum Gasteiger partial charge on any atom is 0.189 e. The lowest BCUT2D eigenvalue weighted by Crippen LogP contribution is -2.40. The molecule has 2 rings (SSSR count). The zero-order valence-corrected chi connectivity index (χ0v) is 10.9. The Morgan fingerprint density at radius 1 is 1.12 bits per heavy atom. The molecule has 1 heterocycles. The van der Waals surface area contributed by atoms with Crippen LogP contribution in [0.3, 0.4) is 0 Å². The van der Waals surface area contributed by atoms with Gasteiger partial charge in [0, 0.05) is 6.04 Å². The number of rotatable bonds is 2. The maximum absolute atomic E-state index is 11.3. The standard InChI is InChI=1S/C11H21N3O2S/c12-11(13-9-3-1-2-4-9)14-10-5-7-17(15,16)8-6-10/h9-10H,1-8H2,(H3,12,13,14). The Bertz CT molecular complexity index is 372. The van der Waals surface area contributed by atoms with Crippen LogP contribution in [0, 0.1) is 0 Å². The Hall–Kier alpha value is -0.780. The highest BCUT2D eigenvalue weighted by molar-refractivity contribution is 7.91. The molecular weight excluding hydrogens is 238 g/mol. The number of nitrogens with two attached hydrogens (primary N) is 1. The molecule has 2 fully saturated rings. The molecule has 0 atom stereocenters. The highest BCUT2D eigenvalue weighted by Crippen LogP contribution is 2.18. The van der Waals surface area contributed by atoms with Gasteiger partial charge in [-0.1, -0.05) is 12.8 Å². The number of sulfone groups is 1. The van der Waals surface area contributed by atoms with E-state index in [1.807, 2.05) is 0 Å². The predicted octanol–water partition coefficient (Wildman–Crippen LogP) is 0.410. The number of hydrogen-bond donors (Lipinski definition) is 2. The summed E-state index contributed by atoms with van der Waals surface area (Å²) < 4.78 is 22.5. The summed E-state index contributed by atoms with van der Waals surface area (Å²) in [6, 6.07) is 0.540. The number of hydrogen-bond acceptors (Lipinski definition) is 3. The summed E-state index contributed by atoms with van der Waals surface area (Å²) in [6.07, 6.45) is 6.05. The SMILES string of the molecule is NC(=NC1CCS(=O)(=O)CC1)NC1CCCC1. The van der Waals surface area contributed by atoms with Gasteiger partial charge in [-0.25, -0.2) is 8.42 Å². The summed E-state index contributed by atoms with van der Waals surface area (Å²) in [5.41, 5.74) is 5.84. The fourth-order valence-electron chi connectivity index (χ4n) is 2.52. The second kappa shape index (κ2) is 5.25. The van der Waals surface area contributed by atoms with Gasteiger partial charge < -0.3 is 11.1 Å². The Morgan fingerprint density at radius 3 is 2.29 bits per heavy atom. The minimum atomic E-state index is -2.80. The van der Waals surface area contributed by atoms with Crippen molar-refractivity contribution >= 4 is 15.8 Å². The van der Waals surface area contributed by atoms with Crippen LogP contribution >= 0.6 is 0 Å². The van der Waals surface area contributed by atoms with E-state index in [1.165, 1.54) is 12.8 Å². The molecule has 0 unspecified atom stereocenters. The molecule has 6 heteroatoms. The number of guanidine groups is 1. The Labute approximate surface area is 103 Å². The van der Waals surface area contributed by atoms with E-state index in [2.05, 4.69) is 10.3 Å². The van der Waals surface area contributed by atoms with E-state index >= 15 is 0 Å². The third kappa shape index (κ3) is 3.87. The van der Waals surface area contributed by atoms with E-state index in [1.54, 1.807) is 0 Å². The van der Waals surface area contributed by atoms with E-state index in [4.69, 9.17) is 5.73 Å². The molecule has 0 aromatic heterocycles. The Morgan fingerprint density at radius 2 is 1.71 bits per heavy atom. The van der Waals surface area contributed by atoms with Crippen LogP contribution in [0.1, 0.15) is 38.5 Å². The van der Waals surface area contributed by atoms with Gasteiger partial charge in [-0.3, -0.25) is 4.99 Å². The van der Waals surface area contributed by atoms with Crippen LogP contribution in [-0.2, 0) is 9.84 Å². The summed E-state index contributed by atoms with van der Waals surface area (Å²) in [4.78, 5) is 4.38. The smallest absolute Gasteiger partial charge is 0.189 e. The molecular formula is C11H21N3O2S. The second-order valence-corrected chi connectivity index (χ2v) is 7.33. The van der Waals surface area contributed by atoms with Gasteiger partial charge in [-0.2, -0.15) is 0 Å². The highest BCUT2D eigenvalue weighted by Gasteiger charge is 2.23. The van der Waals surface area contributed by atoms with Crippen LogP contribution in [0.5, 0.6) is 0 Å². The van der Waals surface area contributed by atoms with Crippen molar-refractivity contribution in [3.63, 3.8) is 0 Å². The molecule has 17 heavy (non-hydrogen) atoms. The molecule has 3 N–H and O–H groups in total. The normalized spacial score (nSPS) is 27.2. The molecule has 98 valence electrons. The third-order valence-corrected chi connectivity index (χ3v) is 5.27. The molecule has 0 radical (unpaired) electrons. The number of aliphatic imine (C=N–C) groups is 1. The molecule has 0 spiro atoms. The first-order valence-electron chi connectivity index (χ1n) is 6.35. The average Bonchev–Trinajstić information content (AvgIpc) is 2.74. The van der Waals surface area contributed by atoms with Crippen molar-refractivity contribution in [3.8, 4) is 0 Å². The molecule has 1 saturated heterocycles. The van der Waals surface area contributed by atoms with Gasteiger partial charge >= 0.3 is 0 Å². The second-order valence-electron chi connectivity index (χ2n) is 5.02. The predicted molar refractivity (Wildman–Crippen MR) is 68.7 cm³/mol. The zero-order chi connectivity index (χ0) is 12.3. The van der Waals surface area contributed by atoms with Gasteiger partial charge in [0.05, 0.1) is 17.5 Å². The highest BCUT2D eigenvalue weighted by atomic mass is 32.2. The molecule has 2 aliphatic rings. The van der Waals surface area contributed by atoms with Gasteiger partial charge in [-0.05, 0) is 25.7 Å². The maximum atomic E-state index is 11.3. The zero-order valence-electron chi connectivity index (χ0n) is 10.1. The third-order valence-electron chi connectivity index (χ3n) is 3.55. The molecule has 0 aromatic carbocycles. The van der Waals surface area contributed by atoms with Gasteiger partial charge in [-0.15, -0.1) is 0 Å². The summed E-state index contributed by atoms with van der Waals surface area (Å²) >= 11 is 0. The van der Waals surface area contributed by atoms with E-state index in [0.717, 1.165) is 12.8 Å². The Kier molecular flexibility index (Phi) is 3.91. The topological polar surface area (TPSA) is 84.5 Å². The van der Waals surface area contributed by atoms with E-state index in [9.17, 15) is 8.42 Å². The van der Waals surface area contributed by atoms with Crippen LogP contribution in [0.25, 0.3) is 0 Å². The average molecular weight is 259 g/mol. The van der Waals surface area contributed by atoms with Crippen LogP contribution in [0.4, 0.5) is 0 Å². The number of nitrogens with one attached hydrogen (secondary N) is 1. The van der Waals surface area contributed by atoms with Gasteiger partial charge in [0.1, 0.15) is 9.84 Å². The van der Waals surface area contributed by atoms with E-state index < -0.39 is 9.84 Å². The quantitative estimate of drug-likeness (QED) is 0.555. The minimum Gasteiger partial charge on any atom is -0.370 e. The lowest BCUT2D eigenvalue weighted by atomic mass is 10.2. The lowest BCUT2D eigenvalue weighted by Gasteiger charge is -2.20. The summed E-state index contributed by atoms with van der Waals surface area (Å²) in [6.45, 7) is 0. The summed E-state index contributed by atoms with van der Waals surface area (Å²) in [7, 11) is -2.80. The molecule has 0 amide bonds. The first-order chi connectivity index (χ1) is 8.05. The van der Waals surface area contributed by atoms with Crippen LogP contribution in [-0.4, -0.2) is 38.0 Å². The summed E-state index contributed by atoms with van der Waals surface area (Å²) in [5.74, 6) is 0.983. The fourth-order valence-corrected chi connectivity index (χ4v) is 3.99. The van der Waals surface area contributed by atoms with Crippen molar-refractivity contribution in [2.45, 2.75) is 50.6 Å². The number of nitrogens with zero attached hydrogens (tertiary/aromatic N) is 1. The molecule has 0 bridgehead atoms. The monoisotopic (exact) mass is 259 g/mol. The summed E-state index contributed by atoms with van der Waals surface area (Å²) in [5, 5.41) is 3.23. The lowest BCUT2D eigenvalue weighted by molar-refractivity contribution is 0.543.